The number of nitrogens with zero attached hydrogens (tertiary/aromatic N) is 2. The minimum absolute atomic E-state index is 0.107. The van der Waals surface area contributed by atoms with Crippen LogP contribution in [-0.2, 0) is 17.8 Å². The van der Waals surface area contributed by atoms with Gasteiger partial charge in [-0.15, -0.1) is 0 Å². The highest BCUT2D eigenvalue weighted by molar-refractivity contribution is 9.10. The maximum Gasteiger partial charge on any atom is 0.227 e. The van der Waals surface area contributed by atoms with E-state index in [0.717, 1.165) is 54.5 Å². The van der Waals surface area contributed by atoms with Crippen LogP contribution in [0.5, 0.6) is 0 Å². The standard InChI is InChI=1S/C19H26BrFN2O/c1-19(2,3)18(24)22-8-5-15(6-9-22)23-7-4-13-10-14(20)11-17(21)16(13)12-23/h10-11,15H,4-9,12H2,1-3H3. The predicted molar refractivity (Wildman–Crippen MR) is 97.3 cm³/mol. The number of piperidine rings is 1. The molecule has 0 aliphatic carbocycles. The highest BCUT2D eigenvalue weighted by atomic mass is 79.9. The predicted octanol–water partition coefficient (Wildman–Crippen LogP) is 3.98. The van der Waals surface area contributed by atoms with Crippen molar-refractivity contribution in [2.45, 2.75) is 52.6 Å². The summed E-state index contributed by atoms with van der Waals surface area (Å²) in [5.41, 5.74) is 1.66. The molecule has 0 unspecified atom stereocenters. The van der Waals surface area contributed by atoms with Crippen LogP contribution in [0.2, 0.25) is 0 Å². The molecule has 0 saturated carbocycles. The quantitative estimate of drug-likeness (QED) is 0.716. The van der Waals surface area contributed by atoms with E-state index in [4.69, 9.17) is 0 Å². The Balaban J connectivity index is 1.63. The number of carbonyl (C=O) groups is 1. The molecule has 0 atom stereocenters. The van der Waals surface area contributed by atoms with Gasteiger partial charge in [0.2, 0.25) is 5.91 Å². The summed E-state index contributed by atoms with van der Waals surface area (Å²) in [6.07, 6.45) is 2.86. The van der Waals surface area contributed by atoms with Crippen LogP contribution in [-0.4, -0.2) is 41.4 Å². The minimum atomic E-state index is -0.312. The number of hydrogen-bond donors (Lipinski definition) is 0. The SMILES string of the molecule is CC(C)(C)C(=O)N1CCC(N2CCc3cc(Br)cc(F)c3C2)CC1. The van der Waals surface area contributed by atoms with Gasteiger partial charge in [-0.2, -0.15) is 0 Å². The van der Waals surface area contributed by atoms with E-state index in [1.807, 2.05) is 31.7 Å². The second kappa shape index (κ2) is 6.75. The lowest BCUT2D eigenvalue weighted by atomic mass is 9.91. The fraction of sp³-hybridized carbons (Fsp3) is 0.632. The van der Waals surface area contributed by atoms with Crippen LogP contribution in [0.4, 0.5) is 4.39 Å². The van der Waals surface area contributed by atoms with Crippen molar-refractivity contribution in [1.29, 1.82) is 0 Å². The van der Waals surface area contributed by atoms with Crippen molar-refractivity contribution in [2.24, 2.45) is 5.41 Å². The van der Waals surface area contributed by atoms with Crippen LogP contribution in [0.25, 0.3) is 0 Å². The normalized spacial score (nSPS) is 20.1. The molecule has 0 N–H and O–H groups in total. The first kappa shape index (κ1) is 17.9. The molecule has 24 heavy (non-hydrogen) atoms. The molecule has 1 fully saturated rings. The lowest BCUT2D eigenvalue weighted by Gasteiger charge is -2.42. The summed E-state index contributed by atoms with van der Waals surface area (Å²) < 4.78 is 15.1. The summed E-state index contributed by atoms with van der Waals surface area (Å²) in [5.74, 6) is 0.130. The molecule has 3 rings (SSSR count). The zero-order valence-electron chi connectivity index (χ0n) is 14.7. The van der Waals surface area contributed by atoms with Crippen molar-refractivity contribution < 1.29 is 9.18 Å². The fourth-order valence-corrected chi connectivity index (χ4v) is 4.30. The molecule has 1 saturated heterocycles. The largest absolute Gasteiger partial charge is 0.342 e. The molecular formula is C19H26BrFN2O. The Morgan fingerprint density at radius 2 is 1.88 bits per heavy atom. The number of hydrogen-bond acceptors (Lipinski definition) is 2. The topological polar surface area (TPSA) is 23.6 Å². The van der Waals surface area contributed by atoms with Gasteiger partial charge in [0.05, 0.1) is 0 Å². The van der Waals surface area contributed by atoms with Gasteiger partial charge in [-0.25, -0.2) is 4.39 Å². The highest BCUT2D eigenvalue weighted by Gasteiger charge is 2.33. The monoisotopic (exact) mass is 396 g/mol. The molecule has 5 heteroatoms. The molecule has 0 spiro atoms. The lowest BCUT2D eigenvalue weighted by molar-refractivity contribution is -0.141. The Hall–Kier alpha value is -0.940. The molecule has 0 aromatic heterocycles. The third-order valence-corrected chi connectivity index (χ3v) is 5.65. The molecule has 2 aliphatic heterocycles. The van der Waals surface area contributed by atoms with Gasteiger partial charge in [-0.3, -0.25) is 9.69 Å². The van der Waals surface area contributed by atoms with Gasteiger partial charge in [0, 0.05) is 47.7 Å². The number of fused-ring (bicyclic) bond motifs is 1. The number of amides is 1. The van der Waals surface area contributed by atoms with Gasteiger partial charge in [0.15, 0.2) is 0 Å². The van der Waals surface area contributed by atoms with Gasteiger partial charge in [0.1, 0.15) is 5.82 Å². The zero-order valence-corrected chi connectivity index (χ0v) is 16.3. The Bertz CT molecular complexity index is 633. The number of halogens is 2. The van der Waals surface area contributed by atoms with Gasteiger partial charge >= 0.3 is 0 Å². The number of likely N-dealkylation sites (tertiary alicyclic amines) is 1. The molecular weight excluding hydrogens is 371 g/mol. The molecule has 1 aromatic rings. The molecule has 0 radical (unpaired) electrons. The highest BCUT2D eigenvalue weighted by Crippen LogP contribution is 2.30. The van der Waals surface area contributed by atoms with Crippen molar-refractivity contribution in [2.75, 3.05) is 19.6 Å². The Kier molecular flexibility index (Phi) is 5.03. The smallest absolute Gasteiger partial charge is 0.227 e. The maximum absolute atomic E-state index is 14.3. The van der Waals surface area contributed by atoms with Crippen molar-refractivity contribution in [3.05, 3.63) is 33.5 Å². The summed E-state index contributed by atoms with van der Waals surface area (Å²) >= 11 is 3.38. The molecule has 3 nitrogen and oxygen atoms in total. The van der Waals surface area contributed by atoms with Crippen LogP contribution in [0.1, 0.15) is 44.7 Å². The van der Waals surface area contributed by atoms with Gasteiger partial charge in [-0.1, -0.05) is 36.7 Å². The van der Waals surface area contributed by atoms with E-state index < -0.39 is 0 Å². The summed E-state index contributed by atoms with van der Waals surface area (Å²) in [5, 5.41) is 0. The maximum atomic E-state index is 14.3. The third-order valence-electron chi connectivity index (χ3n) is 5.19. The molecule has 2 heterocycles. The Morgan fingerprint density at radius 1 is 1.21 bits per heavy atom. The van der Waals surface area contributed by atoms with E-state index in [-0.39, 0.29) is 17.1 Å². The van der Waals surface area contributed by atoms with Gasteiger partial charge in [-0.05, 0) is 37.0 Å². The zero-order chi connectivity index (χ0) is 17.5. The number of rotatable bonds is 1. The molecule has 132 valence electrons. The van der Waals surface area contributed by atoms with E-state index in [9.17, 15) is 9.18 Å². The average molecular weight is 397 g/mol. The molecule has 2 aliphatic rings. The van der Waals surface area contributed by atoms with E-state index in [0.29, 0.717) is 12.6 Å². The lowest BCUT2D eigenvalue weighted by Crippen LogP contribution is -2.50. The number of benzene rings is 1. The van der Waals surface area contributed by atoms with Crippen LogP contribution in [0.3, 0.4) is 0 Å². The van der Waals surface area contributed by atoms with Crippen LogP contribution in [0, 0.1) is 11.2 Å². The van der Waals surface area contributed by atoms with E-state index in [1.165, 1.54) is 0 Å². The van der Waals surface area contributed by atoms with Crippen LogP contribution >= 0.6 is 15.9 Å². The van der Waals surface area contributed by atoms with Crippen molar-refractivity contribution >= 4 is 21.8 Å². The second-order valence-corrected chi connectivity index (χ2v) is 8.93. The van der Waals surface area contributed by atoms with Crippen LogP contribution < -0.4 is 0 Å². The summed E-state index contributed by atoms with van der Waals surface area (Å²) in [4.78, 5) is 16.8. The van der Waals surface area contributed by atoms with Crippen LogP contribution in [0.15, 0.2) is 16.6 Å². The molecule has 1 amide bonds. The second-order valence-electron chi connectivity index (χ2n) is 8.02. The Labute approximate surface area is 152 Å². The minimum Gasteiger partial charge on any atom is -0.342 e. The average Bonchev–Trinajstić information content (AvgIpc) is 2.53. The first-order valence-electron chi connectivity index (χ1n) is 8.76. The van der Waals surface area contributed by atoms with Crippen molar-refractivity contribution in [3.8, 4) is 0 Å². The summed E-state index contributed by atoms with van der Waals surface area (Å²) in [6.45, 7) is 9.21. The molecule has 0 bridgehead atoms. The summed E-state index contributed by atoms with van der Waals surface area (Å²) in [6, 6.07) is 4.05. The van der Waals surface area contributed by atoms with E-state index >= 15 is 0 Å². The summed E-state index contributed by atoms with van der Waals surface area (Å²) in [7, 11) is 0. The first-order chi connectivity index (χ1) is 11.3. The number of carbonyl (C=O) groups excluding carboxylic acids is 1. The fourth-order valence-electron chi connectivity index (χ4n) is 3.82. The van der Waals surface area contributed by atoms with Crippen molar-refractivity contribution in [3.63, 3.8) is 0 Å². The van der Waals surface area contributed by atoms with Gasteiger partial charge < -0.3 is 4.90 Å². The molecule has 1 aromatic carbocycles. The first-order valence-corrected chi connectivity index (χ1v) is 9.55. The third kappa shape index (κ3) is 3.67. The Morgan fingerprint density at radius 3 is 2.50 bits per heavy atom. The van der Waals surface area contributed by atoms with Gasteiger partial charge in [0.25, 0.3) is 0 Å². The van der Waals surface area contributed by atoms with E-state index in [1.54, 1.807) is 6.07 Å². The van der Waals surface area contributed by atoms with E-state index in [2.05, 4.69) is 20.8 Å². The van der Waals surface area contributed by atoms with Crippen molar-refractivity contribution in [1.82, 2.24) is 9.80 Å².